The van der Waals surface area contributed by atoms with Crippen LogP contribution in [0, 0.1) is 6.92 Å². The lowest BCUT2D eigenvalue weighted by Gasteiger charge is -2.36. The highest BCUT2D eigenvalue weighted by Gasteiger charge is 2.33. The summed E-state index contributed by atoms with van der Waals surface area (Å²) < 4.78 is 0. The van der Waals surface area contributed by atoms with Gasteiger partial charge in [0, 0.05) is 22.3 Å². The van der Waals surface area contributed by atoms with Gasteiger partial charge in [-0.2, -0.15) is 0 Å². The summed E-state index contributed by atoms with van der Waals surface area (Å²) in [6.07, 6.45) is 8.25. The molecule has 4 rings (SSSR count). The van der Waals surface area contributed by atoms with Crippen LogP contribution in [0.15, 0.2) is 30.3 Å². The molecule has 0 spiro atoms. The monoisotopic (exact) mass is 396 g/mol. The van der Waals surface area contributed by atoms with Crippen molar-refractivity contribution in [2.45, 2.75) is 70.9 Å². The number of fused-ring (bicyclic) bond motifs is 1. The maximum absolute atomic E-state index is 12.8. The van der Waals surface area contributed by atoms with Gasteiger partial charge >= 0.3 is 0 Å². The maximum Gasteiger partial charge on any atom is 0.234 e. The minimum atomic E-state index is 0.195. The van der Waals surface area contributed by atoms with E-state index in [9.17, 15) is 4.79 Å². The first-order chi connectivity index (χ1) is 13.7. The smallest absolute Gasteiger partial charge is 0.234 e. The molecule has 1 aliphatic carbocycles. The van der Waals surface area contributed by atoms with E-state index >= 15 is 0 Å². The van der Waals surface area contributed by atoms with Gasteiger partial charge in [-0.1, -0.05) is 56.5 Å². The summed E-state index contributed by atoms with van der Waals surface area (Å²) in [6.45, 7) is 5.96. The van der Waals surface area contributed by atoms with Gasteiger partial charge in [-0.3, -0.25) is 9.69 Å². The van der Waals surface area contributed by atoms with Gasteiger partial charge in [0.1, 0.15) is 0 Å². The zero-order chi connectivity index (χ0) is 19.5. The van der Waals surface area contributed by atoms with E-state index < -0.39 is 0 Å². The van der Waals surface area contributed by atoms with Crippen LogP contribution in [-0.2, 0) is 17.6 Å². The summed E-state index contributed by atoms with van der Waals surface area (Å²) in [5, 5.41) is 3.31. The molecule has 1 atom stereocenters. The number of amides is 1. The van der Waals surface area contributed by atoms with Gasteiger partial charge in [0.05, 0.1) is 12.6 Å². The first kappa shape index (κ1) is 19.7. The molecule has 0 saturated heterocycles. The highest BCUT2D eigenvalue weighted by molar-refractivity contribution is 7.12. The van der Waals surface area contributed by atoms with E-state index in [0.717, 1.165) is 32.2 Å². The highest BCUT2D eigenvalue weighted by atomic mass is 32.1. The minimum Gasteiger partial charge on any atom is -0.352 e. The third kappa shape index (κ3) is 4.04. The molecule has 2 aliphatic rings. The fourth-order valence-electron chi connectivity index (χ4n) is 5.03. The van der Waals surface area contributed by atoms with Crippen molar-refractivity contribution in [3.8, 4) is 0 Å². The van der Waals surface area contributed by atoms with E-state index in [1.807, 2.05) is 11.3 Å². The molecule has 28 heavy (non-hydrogen) atoms. The van der Waals surface area contributed by atoms with Gasteiger partial charge in [0.2, 0.25) is 5.91 Å². The number of carbonyl (C=O) groups excluding carboxylic acids is 1. The first-order valence-corrected chi connectivity index (χ1v) is 11.7. The number of carbonyl (C=O) groups is 1. The molecule has 2 aromatic rings. The predicted molar refractivity (Wildman–Crippen MR) is 117 cm³/mol. The summed E-state index contributed by atoms with van der Waals surface area (Å²) >= 11 is 1.94. The molecule has 1 aromatic heterocycles. The Morgan fingerprint density at radius 1 is 1.18 bits per heavy atom. The summed E-state index contributed by atoms with van der Waals surface area (Å²) in [7, 11) is 0. The molecule has 150 valence electrons. The lowest BCUT2D eigenvalue weighted by atomic mass is 9.91. The molecule has 3 nitrogen and oxygen atoms in total. The number of hydrogen-bond donors (Lipinski definition) is 1. The fourth-order valence-corrected chi connectivity index (χ4v) is 6.50. The van der Waals surface area contributed by atoms with E-state index in [0.29, 0.717) is 12.6 Å². The first-order valence-electron chi connectivity index (χ1n) is 10.9. The molecular formula is C24H32N2OS. The van der Waals surface area contributed by atoms with Crippen molar-refractivity contribution in [1.82, 2.24) is 10.2 Å². The normalized spacial score (nSPS) is 20.7. The molecule has 1 aliphatic heterocycles. The van der Waals surface area contributed by atoms with Gasteiger partial charge in [0.15, 0.2) is 0 Å². The van der Waals surface area contributed by atoms with E-state index in [4.69, 9.17) is 0 Å². The molecular weight excluding hydrogens is 364 g/mol. The second-order valence-electron chi connectivity index (χ2n) is 8.27. The molecule has 1 fully saturated rings. The average molecular weight is 397 g/mol. The summed E-state index contributed by atoms with van der Waals surface area (Å²) in [5.74, 6) is 0.195. The van der Waals surface area contributed by atoms with Gasteiger partial charge < -0.3 is 5.32 Å². The van der Waals surface area contributed by atoms with Crippen LogP contribution in [0.1, 0.15) is 71.5 Å². The number of rotatable bonds is 5. The van der Waals surface area contributed by atoms with Crippen LogP contribution < -0.4 is 5.32 Å². The van der Waals surface area contributed by atoms with E-state index in [-0.39, 0.29) is 11.9 Å². The van der Waals surface area contributed by atoms with Crippen LogP contribution in [0.2, 0.25) is 0 Å². The van der Waals surface area contributed by atoms with Gasteiger partial charge in [0.25, 0.3) is 0 Å². The third-order valence-corrected chi connectivity index (χ3v) is 7.64. The molecule has 1 N–H and O–H groups in total. The van der Waals surface area contributed by atoms with Crippen LogP contribution in [0.5, 0.6) is 0 Å². The Bertz CT molecular complexity index is 808. The Morgan fingerprint density at radius 2 is 1.93 bits per heavy atom. The molecule has 1 unspecified atom stereocenters. The summed E-state index contributed by atoms with van der Waals surface area (Å²) in [6, 6.07) is 11.3. The Hall–Kier alpha value is -1.65. The lowest BCUT2D eigenvalue weighted by molar-refractivity contribution is -0.123. The Kier molecular flexibility index (Phi) is 6.17. The number of benzene rings is 1. The van der Waals surface area contributed by atoms with Crippen molar-refractivity contribution < 1.29 is 4.79 Å². The number of hydrogen-bond acceptors (Lipinski definition) is 3. The van der Waals surface area contributed by atoms with Crippen molar-refractivity contribution in [1.29, 1.82) is 0 Å². The fraction of sp³-hybridized carbons (Fsp3) is 0.542. The SMILES string of the molecule is CCc1c(C)sc2c1CCN(CC(=O)NC1CCCCC1)C2c1ccccc1. The number of nitrogens with one attached hydrogen (secondary N) is 1. The molecule has 0 bridgehead atoms. The Morgan fingerprint density at radius 3 is 2.64 bits per heavy atom. The molecule has 1 amide bonds. The number of aryl methyl sites for hydroxylation is 1. The quantitative estimate of drug-likeness (QED) is 0.770. The van der Waals surface area contributed by atoms with Crippen molar-refractivity contribution in [3.63, 3.8) is 0 Å². The van der Waals surface area contributed by atoms with Gasteiger partial charge in [-0.25, -0.2) is 0 Å². The zero-order valence-electron chi connectivity index (χ0n) is 17.2. The van der Waals surface area contributed by atoms with Crippen LogP contribution in [-0.4, -0.2) is 29.9 Å². The molecule has 2 heterocycles. The van der Waals surface area contributed by atoms with Crippen molar-refractivity contribution in [2.75, 3.05) is 13.1 Å². The average Bonchev–Trinajstić information content (AvgIpc) is 3.04. The highest BCUT2D eigenvalue weighted by Crippen LogP contribution is 2.42. The number of nitrogens with zero attached hydrogens (tertiary/aromatic N) is 1. The Balaban J connectivity index is 1.58. The molecule has 4 heteroatoms. The van der Waals surface area contributed by atoms with Gasteiger partial charge in [-0.05, 0) is 49.3 Å². The van der Waals surface area contributed by atoms with Crippen LogP contribution >= 0.6 is 11.3 Å². The van der Waals surface area contributed by atoms with Crippen molar-refractivity contribution in [3.05, 3.63) is 56.8 Å². The zero-order valence-corrected chi connectivity index (χ0v) is 18.0. The second kappa shape index (κ2) is 8.79. The molecule has 1 aromatic carbocycles. The van der Waals surface area contributed by atoms with Crippen LogP contribution in [0.4, 0.5) is 0 Å². The van der Waals surface area contributed by atoms with Crippen LogP contribution in [0.25, 0.3) is 0 Å². The number of thiophene rings is 1. The summed E-state index contributed by atoms with van der Waals surface area (Å²) in [5.41, 5.74) is 4.38. The van der Waals surface area contributed by atoms with E-state index in [1.165, 1.54) is 40.1 Å². The molecule has 1 saturated carbocycles. The predicted octanol–water partition coefficient (Wildman–Crippen LogP) is 5.02. The van der Waals surface area contributed by atoms with Crippen LogP contribution in [0.3, 0.4) is 0 Å². The van der Waals surface area contributed by atoms with E-state index in [2.05, 4.69) is 54.4 Å². The summed E-state index contributed by atoms with van der Waals surface area (Å²) in [4.78, 5) is 18.1. The topological polar surface area (TPSA) is 32.3 Å². The van der Waals surface area contributed by atoms with E-state index in [1.54, 1.807) is 5.56 Å². The lowest BCUT2D eigenvalue weighted by Crippen LogP contribution is -2.45. The minimum absolute atomic E-state index is 0.195. The molecule has 0 radical (unpaired) electrons. The van der Waals surface area contributed by atoms with Crippen molar-refractivity contribution in [2.24, 2.45) is 0 Å². The second-order valence-corrected chi connectivity index (χ2v) is 9.53. The third-order valence-electron chi connectivity index (χ3n) is 6.40. The Labute approximate surface area is 173 Å². The largest absolute Gasteiger partial charge is 0.352 e. The van der Waals surface area contributed by atoms with Gasteiger partial charge in [-0.15, -0.1) is 11.3 Å². The maximum atomic E-state index is 12.8. The standard InChI is InChI=1S/C24H32N2OS/c1-3-20-17(2)28-24-21(20)14-15-26(23(24)18-10-6-4-7-11-18)16-22(27)25-19-12-8-5-9-13-19/h4,6-7,10-11,19,23H,3,5,8-9,12-16H2,1-2H3,(H,25,27). The van der Waals surface area contributed by atoms with Crippen molar-refractivity contribution >= 4 is 17.2 Å².